The summed E-state index contributed by atoms with van der Waals surface area (Å²) in [6.45, 7) is 2.00. The molecule has 1 aliphatic heterocycles. The van der Waals surface area contributed by atoms with Crippen LogP contribution in [-0.2, 0) is 0 Å². The van der Waals surface area contributed by atoms with Gasteiger partial charge in [0.25, 0.3) is 0 Å². The number of aryl methyl sites for hydroxylation is 1. The lowest BCUT2D eigenvalue weighted by Crippen LogP contribution is -2.22. The maximum absolute atomic E-state index is 13.7. The smallest absolute Gasteiger partial charge is 0.344 e. The summed E-state index contributed by atoms with van der Waals surface area (Å²) in [7, 11) is 4.62. The largest absolute Gasteiger partial charge is 0.493 e. The second kappa shape index (κ2) is 9.37. The van der Waals surface area contributed by atoms with Gasteiger partial charge in [0.2, 0.25) is 11.6 Å². The normalized spacial score (nSPS) is 13.9. The first-order valence-corrected chi connectivity index (χ1v) is 12.9. The van der Waals surface area contributed by atoms with Crippen molar-refractivity contribution in [2.24, 2.45) is 0 Å². The molecule has 6 aromatic rings. The summed E-state index contributed by atoms with van der Waals surface area (Å²) in [4.78, 5) is 23.3. The number of methoxy groups -OCH3 is 3. The predicted octanol–water partition coefficient (Wildman–Crippen LogP) is 5.52. The molecule has 10 nitrogen and oxygen atoms in total. The minimum atomic E-state index is -0.714. The highest BCUT2D eigenvalue weighted by Gasteiger charge is 2.38. The number of nitrogens with zero attached hydrogens (tertiary/aromatic N) is 4. The van der Waals surface area contributed by atoms with Crippen LogP contribution in [0.5, 0.6) is 28.9 Å². The summed E-state index contributed by atoms with van der Waals surface area (Å²) >= 11 is 0. The SMILES string of the molecule is COc1cc(C2c3c(c4ccccc4oc3=O)Oc3ncn4nc(-c5ccccc5C)nc4c32)cc(OC)c1OC. The van der Waals surface area contributed by atoms with Gasteiger partial charge < -0.3 is 23.4 Å². The highest BCUT2D eigenvalue weighted by atomic mass is 16.5. The van der Waals surface area contributed by atoms with Crippen molar-refractivity contribution in [2.45, 2.75) is 12.8 Å². The Morgan fingerprint density at radius 2 is 1.63 bits per heavy atom. The minimum Gasteiger partial charge on any atom is -0.493 e. The molecular formula is C31H24N4O6. The number of hydrogen-bond donors (Lipinski definition) is 0. The van der Waals surface area contributed by atoms with Crippen LogP contribution < -0.4 is 24.6 Å². The zero-order chi connectivity index (χ0) is 28.2. The van der Waals surface area contributed by atoms with Crippen molar-refractivity contribution in [3.8, 4) is 40.3 Å². The van der Waals surface area contributed by atoms with Gasteiger partial charge in [-0.05, 0) is 42.3 Å². The van der Waals surface area contributed by atoms with Gasteiger partial charge in [0.1, 0.15) is 11.9 Å². The molecule has 3 aromatic carbocycles. The van der Waals surface area contributed by atoms with Crippen molar-refractivity contribution < 1.29 is 23.4 Å². The Bertz CT molecular complexity index is 2020. The third-order valence-electron chi connectivity index (χ3n) is 7.37. The number of benzene rings is 3. The molecular weight excluding hydrogens is 524 g/mol. The van der Waals surface area contributed by atoms with Crippen LogP contribution in [0.2, 0.25) is 0 Å². The van der Waals surface area contributed by atoms with Gasteiger partial charge in [-0.1, -0.05) is 36.4 Å². The fourth-order valence-corrected chi connectivity index (χ4v) is 5.47. The van der Waals surface area contributed by atoms with Crippen LogP contribution in [0.4, 0.5) is 0 Å². The first-order chi connectivity index (χ1) is 20.0. The Balaban J connectivity index is 1.57. The lowest BCUT2D eigenvalue weighted by Gasteiger charge is -2.28. The maximum atomic E-state index is 13.7. The third kappa shape index (κ3) is 3.71. The molecule has 0 spiro atoms. The van der Waals surface area contributed by atoms with Gasteiger partial charge in [-0.25, -0.2) is 19.3 Å². The first kappa shape index (κ1) is 24.6. The number of rotatable bonds is 5. The zero-order valence-electron chi connectivity index (χ0n) is 22.7. The van der Waals surface area contributed by atoms with E-state index in [2.05, 4.69) is 4.98 Å². The van der Waals surface area contributed by atoms with Gasteiger partial charge in [0, 0.05) is 5.56 Å². The maximum Gasteiger partial charge on any atom is 0.344 e. The van der Waals surface area contributed by atoms with E-state index in [0.717, 1.165) is 11.1 Å². The summed E-state index contributed by atoms with van der Waals surface area (Å²) in [5.41, 5.74) is 3.81. The number of fused-ring (bicyclic) bond motifs is 6. The Labute approximate surface area is 233 Å². The van der Waals surface area contributed by atoms with Crippen molar-refractivity contribution in [3.05, 3.63) is 99.7 Å². The molecule has 7 rings (SSSR count). The van der Waals surface area contributed by atoms with Crippen LogP contribution >= 0.6 is 0 Å². The monoisotopic (exact) mass is 548 g/mol. The van der Waals surface area contributed by atoms with Crippen LogP contribution in [0, 0.1) is 6.92 Å². The topological polar surface area (TPSA) is 110 Å². The van der Waals surface area contributed by atoms with Crippen LogP contribution in [0.3, 0.4) is 0 Å². The summed E-state index contributed by atoms with van der Waals surface area (Å²) < 4.78 is 30.7. The molecule has 41 heavy (non-hydrogen) atoms. The van der Waals surface area contributed by atoms with Gasteiger partial charge in [-0.3, -0.25) is 0 Å². The molecule has 0 fully saturated rings. The fourth-order valence-electron chi connectivity index (χ4n) is 5.47. The van der Waals surface area contributed by atoms with Gasteiger partial charge in [0.15, 0.2) is 28.7 Å². The van der Waals surface area contributed by atoms with E-state index in [1.54, 1.807) is 37.2 Å². The molecule has 4 heterocycles. The van der Waals surface area contributed by atoms with Gasteiger partial charge >= 0.3 is 5.63 Å². The number of para-hydroxylation sites is 1. The number of aromatic nitrogens is 4. The van der Waals surface area contributed by atoms with Crippen LogP contribution in [0.25, 0.3) is 28.0 Å². The van der Waals surface area contributed by atoms with E-state index in [-0.39, 0.29) is 0 Å². The van der Waals surface area contributed by atoms with Crippen molar-refractivity contribution in [3.63, 3.8) is 0 Å². The van der Waals surface area contributed by atoms with Gasteiger partial charge in [-0.2, -0.15) is 0 Å². The Hall–Kier alpha value is -5.38. The Kier molecular flexibility index (Phi) is 5.63. The van der Waals surface area contributed by atoms with E-state index in [4.69, 9.17) is 33.4 Å². The van der Waals surface area contributed by atoms with E-state index in [9.17, 15) is 4.79 Å². The average molecular weight is 549 g/mol. The minimum absolute atomic E-state index is 0.306. The van der Waals surface area contributed by atoms with Crippen molar-refractivity contribution in [1.29, 1.82) is 0 Å². The molecule has 1 aliphatic rings. The highest BCUT2D eigenvalue weighted by molar-refractivity contribution is 5.87. The van der Waals surface area contributed by atoms with E-state index >= 15 is 0 Å². The molecule has 0 saturated heterocycles. The lowest BCUT2D eigenvalue weighted by atomic mass is 9.83. The Morgan fingerprint density at radius 1 is 0.902 bits per heavy atom. The van der Waals surface area contributed by atoms with Gasteiger partial charge in [-0.15, -0.1) is 5.10 Å². The molecule has 0 saturated carbocycles. The molecule has 204 valence electrons. The fraction of sp³-hybridized carbons (Fsp3) is 0.161. The van der Waals surface area contributed by atoms with E-state index in [1.165, 1.54) is 7.11 Å². The quantitative estimate of drug-likeness (QED) is 0.257. The molecule has 0 amide bonds. The summed E-state index contributed by atoms with van der Waals surface area (Å²) in [6.07, 6.45) is 1.56. The van der Waals surface area contributed by atoms with Gasteiger partial charge in [0.05, 0.1) is 43.8 Å². The predicted molar refractivity (Wildman–Crippen MR) is 151 cm³/mol. The third-order valence-corrected chi connectivity index (χ3v) is 7.37. The summed E-state index contributed by atoms with van der Waals surface area (Å²) in [6, 6.07) is 18.7. The van der Waals surface area contributed by atoms with E-state index < -0.39 is 11.5 Å². The highest BCUT2D eigenvalue weighted by Crippen LogP contribution is 2.51. The average Bonchev–Trinajstić information content (AvgIpc) is 3.44. The van der Waals surface area contributed by atoms with E-state index in [1.807, 2.05) is 55.5 Å². The van der Waals surface area contributed by atoms with E-state index in [0.29, 0.717) is 68.0 Å². The summed E-state index contributed by atoms with van der Waals surface area (Å²) in [5, 5.41) is 5.37. The molecule has 0 N–H and O–H groups in total. The lowest BCUT2D eigenvalue weighted by molar-refractivity contribution is 0.323. The zero-order valence-corrected chi connectivity index (χ0v) is 22.7. The molecule has 0 radical (unpaired) electrons. The van der Waals surface area contributed by atoms with Crippen LogP contribution in [-0.4, -0.2) is 40.9 Å². The Morgan fingerprint density at radius 3 is 2.37 bits per heavy atom. The summed E-state index contributed by atoms with van der Waals surface area (Å²) in [5.74, 6) is 1.79. The molecule has 10 heteroatoms. The molecule has 1 atom stereocenters. The molecule has 1 unspecified atom stereocenters. The van der Waals surface area contributed by atoms with Crippen molar-refractivity contribution in [2.75, 3.05) is 21.3 Å². The molecule has 0 aliphatic carbocycles. The second-order valence-corrected chi connectivity index (χ2v) is 9.60. The van der Waals surface area contributed by atoms with Crippen LogP contribution in [0.15, 0.2) is 76.2 Å². The van der Waals surface area contributed by atoms with Crippen molar-refractivity contribution in [1.82, 2.24) is 19.6 Å². The number of ether oxygens (including phenoxy) is 4. The van der Waals surface area contributed by atoms with Crippen LogP contribution in [0.1, 0.15) is 28.2 Å². The van der Waals surface area contributed by atoms with Crippen molar-refractivity contribution >= 4 is 16.6 Å². The molecule has 3 aromatic heterocycles. The first-order valence-electron chi connectivity index (χ1n) is 12.9. The number of hydrogen-bond acceptors (Lipinski definition) is 9. The molecule has 0 bridgehead atoms. The standard InChI is InChI=1S/C31H24N4O6/c1-16-9-5-6-10-18(16)28-33-29-25-23(17-13-21(37-2)27(39-4)22(14-17)38-3)24-26(41-30(25)32-15-35(29)34-28)19-11-7-8-12-20(19)40-31(24)36/h5-15,23H,1-4H3. The second-order valence-electron chi connectivity index (χ2n) is 9.60.